The molecule has 0 saturated heterocycles. The fourth-order valence-electron chi connectivity index (χ4n) is 2.11. The molecule has 0 radical (unpaired) electrons. The highest BCUT2D eigenvalue weighted by Gasteiger charge is 2.11. The first kappa shape index (κ1) is 15.5. The molecule has 0 aliphatic rings. The van der Waals surface area contributed by atoms with Crippen LogP contribution in [0.4, 0.5) is 5.69 Å². The van der Waals surface area contributed by atoms with Crippen molar-refractivity contribution in [3.8, 4) is 0 Å². The molecule has 0 aliphatic heterocycles. The number of hydrogen-bond acceptors (Lipinski definition) is 3. The van der Waals surface area contributed by atoms with Crippen molar-refractivity contribution in [2.75, 3.05) is 25.6 Å². The van der Waals surface area contributed by atoms with Crippen LogP contribution in [0.2, 0.25) is 0 Å². The Morgan fingerprint density at radius 1 is 1.33 bits per heavy atom. The predicted octanol–water partition coefficient (Wildman–Crippen LogP) is 3.23. The van der Waals surface area contributed by atoms with Crippen molar-refractivity contribution < 1.29 is 4.74 Å². The molecule has 1 aromatic rings. The fraction of sp³-hybridized carbons (Fsp3) is 0.571. The maximum atomic E-state index is 5.57. The normalized spacial score (nSPS) is 12.5. The first-order valence-corrected chi connectivity index (χ1v) is 7.10. The van der Waals surface area contributed by atoms with E-state index in [0.717, 1.165) is 23.9 Å². The number of nitrogens with one attached hydrogen (secondary N) is 1. The number of nitrogens with two attached hydrogens (primary N) is 1. The van der Waals surface area contributed by atoms with Crippen LogP contribution in [0, 0.1) is 13.8 Å². The Bertz CT molecular complexity index is 359. The summed E-state index contributed by atoms with van der Waals surface area (Å²) >= 11 is 3.52. The predicted molar refractivity (Wildman–Crippen MR) is 81.2 cm³/mol. The molecular weight excluding hydrogens is 292 g/mol. The van der Waals surface area contributed by atoms with Crippen LogP contribution >= 0.6 is 15.9 Å². The Kier molecular flexibility index (Phi) is 6.68. The van der Waals surface area contributed by atoms with E-state index in [1.54, 1.807) is 7.11 Å². The number of aryl methyl sites for hydroxylation is 2. The molecular formula is C14H23BrN2O. The Labute approximate surface area is 118 Å². The molecule has 18 heavy (non-hydrogen) atoms. The summed E-state index contributed by atoms with van der Waals surface area (Å²) in [6.07, 6.45) is 2.04. The van der Waals surface area contributed by atoms with E-state index < -0.39 is 0 Å². The number of ether oxygens (including phenoxy) is 1. The van der Waals surface area contributed by atoms with Crippen LogP contribution in [-0.4, -0.2) is 26.3 Å². The first-order valence-electron chi connectivity index (χ1n) is 6.30. The van der Waals surface area contributed by atoms with E-state index in [1.165, 1.54) is 16.8 Å². The molecule has 0 fully saturated rings. The third-order valence-corrected chi connectivity index (χ3v) is 3.43. The van der Waals surface area contributed by atoms with Crippen molar-refractivity contribution in [1.82, 2.24) is 0 Å². The third kappa shape index (κ3) is 4.59. The average Bonchev–Trinajstić information content (AvgIpc) is 2.30. The van der Waals surface area contributed by atoms with Crippen molar-refractivity contribution in [2.24, 2.45) is 5.73 Å². The van der Waals surface area contributed by atoms with E-state index in [1.807, 2.05) is 0 Å². The van der Waals surface area contributed by atoms with Crippen LogP contribution in [0.15, 0.2) is 16.6 Å². The molecule has 1 aromatic carbocycles. The second kappa shape index (κ2) is 7.77. The van der Waals surface area contributed by atoms with E-state index >= 15 is 0 Å². The van der Waals surface area contributed by atoms with Crippen LogP contribution in [0.5, 0.6) is 0 Å². The van der Waals surface area contributed by atoms with E-state index in [2.05, 4.69) is 47.2 Å². The molecule has 0 spiro atoms. The summed E-state index contributed by atoms with van der Waals surface area (Å²) in [6, 6.07) is 4.57. The lowest BCUT2D eigenvalue weighted by molar-refractivity contribution is 0.182. The van der Waals surface area contributed by atoms with E-state index in [4.69, 9.17) is 10.5 Å². The highest BCUT2D eigenvalue weighted by atomic mass is 79.9. The topological polar surface area (TPSA) is 47.3 Å². The maximum absolute atomic E-state index is 5.57. The second-order valence-corrected chi connectivity index (χ2v) is 5.56. The summed E-state index contributed by atoms with van der Waals surface area (Å²) in [7, 11) is 1.73. The standard InChI is InChI=1S/C14H23BrN2O/c1-10-7-12(15)8-11(2)14(10)17-13(9-18-3)5-4-6-16/h7-8,13,17H,4-6,9,16H2,1-3H3. The van der Waals surface area contributed by atoms with Gasteiger partial charge < -0.3 is 15.8 Å². The minimum Gasteiger partial charge on any atom is -0.383 e. The molecule has 1 rings (SSSR count). The molecule has 0 heterocycles. The number of hydrogen-bond donors (Lipinski definition) is 2. The van der Waals surface area contributed by atoms with E-state index in [9.17, 15) is 0 Å². The van der Waals surface area contributed by atoms with Gasteiger partial charge >= 0.3 is 0 Å². The molecule has 102 valence electrons. The van der Waals surface area contributed by atoms with Gasteiger partial charge in [0.05, 0.1) is 6.61 Å². The van der Waals surface area contributed by atoms with Gasteiger partial charge in [-0.1, -0.05) is 15.9 Å². The summed E-state index contributed by atoms with van der Waals surface area (Å²) < 4.78 is 6.38. The van der Waals surface area contributed by atoms with Crippen molar-refractivity contribution in [1.29, 1.82) is 0 Å². The number of benzene rings is 1. The van der Waals surface area contributed by atoms with Crippen molar-refractivity contribution in [3.63, 3.8) is 0 Å². The molecule has 0 bridgehead atoms. The van der Waals surface area contributed by atoms with Gasteiger partial charge in [0.1, 0.15) is 0 Å². The van der Waals surface area contributed by atoms with Gasteiger partial charge in [0.25, 0.3) is 0 Å². The van der Waals surface area contributed by atoms with Crippen LogP contribution < -0.4 is 11.1 Å². The molecule has 0 aromatic heterocycles. The SMILES string of the molecule is COCC(CCCN)Nc1c(C)cc(Br)cc1C. The van der Waals surface area contributed by atoms with Crippen molar-refractivity contribution in [3.05, 3.63) is 27.7 Å². The van der Waals surface area contributed by atoms with Gasteiger partial charge in [-0.2, -0.15) is 0 Å². The van der Waals surface area contributed by atoms with Gasteiger partial charge in [0.2, 0.25) is 0 Å². The lowest BCUT2D eigenvalue weighted by Gasteiger charge is -2.22. The summed E-state index contributed by atoms with van der Waals surface area (Å²) in [5, 5.41) is 3.58. The Balaban J connectivity index is 2.79. The molecule has 0 amide bonds. The molecule has 3 nitrogen and oxygen atoms in total. The smallest absolute Gasteiger partial charge is 0.0664 e. The summed E-state index contributed by atoms with van der Waals surface area (Å²) in [6.45, 7) is 5.66. The summed E-state index contributed by atoms with van der Waals surface area (Å²) in [5.74, 6) is 0. The van der Waals surface area contributed by atoms with Gasteiger partial charge in [0, 0.05) is 23.3 Å². The monoisotopic (exact) mass is 314 g/mol. The minimum absolute atomic E-state index is 0.317. The minimum atomic E-state index is 0.317. The highest BCUT2D eigenvalue weighted by Crippen LogP contribution is 2.26. The van der Waals surface area contributed by atoms with Gasteiger partial charge in [-0.25, -0.2) is 0 Å². The average molecular weight is 315 g/mol. The first-order chi connectivity index (χ1) is 8.58. The Hall–Kier alpha value is -0.580. The maximum Gasteiger partial charge on any atom is 0.0664 e. The van der Waals surface area contributed by atoms with Crippen LogP contribution in [0.3, 0.4) is 0 Å². The summed E-state index contributed by atoms with van der Waals surface area (Å²) in [5.41, 5.74) is 9.27. The Morgan fingerprint density at radius 3 is 2.44 bits per heavy atom. The third-order valence-electron chi connectivity index (χ3n) is 2.97. The molecule has 4 heteroatoms. The summed E-state index contributed by atoms with van der Waals surface area (Å²) in [4.78, 5) is 0. The van der Waals surface area contributed by atoms with Crippen LogP contribution in [0.1, 0.15) is 24.0 Å². The van der Waals surface area contributed by atoms with E-state index in [0.29, 0.717) is 12.6 Å². The zero-order chi connectivity index (χ0) is 13.5. The van der Waals surface area contributed by atoms with Gasteiger partial charge in [-0.15, -0.1) is 0 Å². The zero-order valence-corrected chi connectivity index (χ0v) is 13.0. The van der Waals surface area contributed by atoms with Crippen molar-refractivity contribution >= 4 is 21.6 Å². The lowest BCUT2D eigenvalue weighted by atomic mass is 10.1. The number of halogens is 1. The molecule has 1 atom stereocenters. The highest BCUT2D eigenvalue weighted by molar-refractivity contribution is 9.10. The quantitative estimate of drug-likeness (QED) is 0.812. The van der Waals surface area contributed by atoms with Crippen molar-refractivity contribution in [2.45, 2.75) is 32.7 Å². The zero-order valence-electron chi connectivity index (χ0n) is 11.4. The van der Waals surface area contributed by atoms with Gasteiger partial charge in [-0.3, -0.25) is 0 Å². The van der Waals surface area contributed by atoms with Gasteiger partial charge in [0.15, 0.2) is 0 Å². The molecule has 1 unspecified atom stereocenters. The van der Waals surface area contributed by atoms with Crippen LogP contribution in [-0.2, 0) is 4.74 Å². The number of rotatable bonds is 7. The van der Waals surface area contributed by atoms with Crippen LogP contribution in [0.25, 0.3) is 0 Å². The largest absolute Gasteiger partial charge is 0.383 e. The lowest BCUT2D eigenvalue weighted by Crippen LogP contribution is -2.26. The number of methoxy groups -OCH3 is 1. The number of anilines is 1. The second-order valence-electron chi connectivity index (χ2n) is 4.64. The molecule has 0 saturated carbocycles. The van der Waals surface area contributed by atoms with E-state index in [-0.39, 0.29) is 0 Å². The molecule has 3 N–H and O–H groups in total. The van der Waals surface area contributed by atoms with Gasteiger partial charge in [-0.05, 0) is 56.5 Å². The molecule has 0 aliphatic carbocycles. The Morgan fingerprint density at radius 2 is 1.94 bits per heavy atom. The fourth-order valence-corrected chi connectivity index (χ4v) is 2.79.